The number of aromatic nitrogens is 1. The summed E-state index contributed by atoms with van der Waals surface area (Å²) >= 11 is 1.64. The number of thiazole rings is 1. The molecule has 2 aromatic rings. The van der Waals surface area contributed by atoms with Gasteiger partial charge in [0.05, 0.1) is 10.6 Å². The molecule has 5 nitrogen and oxygen atoms in total. The molecule has 0 fully saturated rings. The van der Waals surface area contributed by atoms with Gasteiger partial charge < -0.3 is 4.57 Å². The number of non-ortho nitro benzene ring substituents is 1. The Balaban J connectivity index is 2.53. The minimum absolute atomic E-state index is 0.105. The van der Waals surface area contributed by atoms with Gasteiger partial charge >= 0.3 is 0 Å². The van der Waals surface area contributed by atoms with Crippen molar-refractivity contribution < 1.29 is 4.92 Å². The average molecular weight is 347 g/mol. The molecule has 1 aromatic heterocycles. The minimum atomic E-state index is -0.373. The largest absolute Gasteiger partial charge is 0.320 e. The lowest BCUT2D eigenvalue weighted by atomic mass is 10.1. The molecule has 2 rings (SSSR count). The predicted molar refractivity (Wildman–Crippen MR) is 98.9 cm³/mol. The number of nitro groups is 1. The molecule has 1 heterocycles. The summed E-state index contributed by atoms with van der Waals surface area (Å²) in [7, 11) is 0. The van der Waals surface area contributed by atoms with Gasteiger partial charge in [-0.15, -0.1) is 11.3 Å². The van der Waals surface area contributed by atoms with Gasteiger partial charge in [0, 0.05) is 29.8 Å². The summed E-state index contributed by atoms with van der Waals surface area (Å²) in [6.45, 7) is 11.6. The highest BCUT2D eigenvalue weighted by Gasteiger charge is 2.13. The van der Waals surface area contributed by atoms with Crippen LogP contribution in [0.3, 0.4) is 0 Å². The molecule has 0 amide bonds. The van der Waals surface area contributed by atoms with E-state index in [0.29, 0.717) is 11.8 Å². The Morgan fingerprint density at radius 1 is 1.33 bits per heavy atom. The molecule has 0 radical (unpaired) electrons. The van der Waals surface area contributed by atoms with Gasteiger partial charge in [0.25, 0.3) is 5.69 Å². The lowest BCUT2D eigenvalue weighted by molar-refractivity contribution is -0.384. The summed E-state index contributed by atoms with van der Waals surface area (Å²) in [6.07, 6.45) is 1.09. The van der Waals surface area contributed by atoms with Gasteiger partial charge in [0.15, 0.2) is 4.80 Å². The summed E-state index contributed by atoms with van der Waals surface area (Å²) in [4.78, 5) is 16.3. The van der Waals surface area contributed by atoms with E-state index in [9.17, 15) is 10.1 Å². The number of hydrogen-bond acceptors (Lipinski definition) is 4. The molecule has 0 saturated heterocycles. The summed E-state index contributed by atoms with van der Waals surface area (Å²) in [5, 5.41) is 13.1. The molecule has 0 N–H and O–H groups in total. The molecular weight excluding hydrogens is 322 g/mol. The Morgan fingerprint density at radius 3 is 2.58 bits per heavy atom. The SMILES string of the molecule is CC[C@H](C)c1csc(=Nc2ccc([N+](=O)[O-])cc2C)n1CC(C)C. The van der Waals surface area contributed by atoms with Gasteiger partial charge in [-0.2, -0.15) is 0 Å². The van der Waals surface area contributed by atoms with Crippen LogP contribution in [0.4, 0.5) is 11.4 Å². The van der Waals surface area contributed by atoms with Gasteiger partial charge in [-0.25, -0.2) is 4.99 Å². The topological polar surface area (TPSA) is 60.4 Å². The molecule has 0 saturated carbocycles. The number of rotatable bonds is 6. The Bertz CT molecular complexity index is 790. The van der Waals surface area contributed by atoms with Crippen molar-refractivity contribution in [1.82, 2.24) is 4.57 Å². The van der Waals surface area contributed by atoms with Crippen LogP contribution in [0.25, 0.3) is 0 Å². The van der Waals surface area contributed by atoms with Crippen molar-refractivity contribution >= 4 is 22.7 Å². The van der Waals surface area contributed by atoms with Crippen molar-refractivity contribution in [2.24, 2.45) is 10.9 Å². The van der Waals surface area contributed by atoms with E-state index in [0.717, 1.165) is 29.0 Å². The smallest absolute Gasteiger partial charge is 0.269 e. The van der Waals surface area contributed by atoms with Crippen LogP contribution in [0.2, 0.25) is 0 Å². The Morgan fingerprint density at radius 2 is 2.04 bits per heavy atom. The first-order valence-corrected chi connectivity index (χ1v) is 9.19. The summed E-state index contributed by atoms with van der Waals surface area (Å²) in [6, 6.07) is 4.83. The van der Waals surface area contributed by atoms with Crippen molar-refractivity contribution in [1.29, 1.82) is 0 Å². The third kappa shape index (κ3) is 4.12. The first kappa shape index (κ1) is 18.4. The Labute approximate surface area is 146 Å². The van der Waals surface area contributed by atoms with E-state index < -0.39 is 0 Å². The number of aryl methyl sites for hydroxylation is 1. The Kier molecular flexibility index (Phi) is 5.94. The van der Waals surface area contributed by atoms with E-state index in [1.807, 2.05) is 6.92 Å². The van der Waals surface area contributed by atoms with Crippen LogP contribution in [0.1, 0.15) is 51.3 Å². The van der Waals surface area contributed by atoms with Crippen molar-refractivity contribution in [2.45, 2.75) is 53.5 Å². The fraction of sp³-hybridized carbons (Fsp3) is 0.500. The van der Waals surface area contributed by atoms with Crippen LogP contribution in [0, 0.1) is 23.0 Å². The highest BCUT2D eigenvalue weighted by atomic mass is 32.1. The van der Waals surface area contributed by atoms with Crippen LogP contribution in [0.15, 0.2) is 28.6 Å². The fourth-order valence-electron chi connectivity index (χ4n) is 2.56. The molecule has 1 atom stereocenters. The monoisotopic (exact) mass is 347 g/mol. The summed E-state index contributed by atoms with van der Waals surface area (Å²) < 4.78 is 2.30. The van der Waals surface area contributed by atoms with E-state index in [2.05, 4.69) is 37.6 Å². The predicted octanol–water partition coefficient (Wildman–Crippen LogP) is 5.17. The third-order valence-electron chi connectivity index (χ3n) is 4.10. The molecule has 0 spiro atoms. The molecule has 0 aliphatic heterocycles. The quantitative estimate of drug-likeness (QED) is 0.535. The summed E-state index contributed by atoms with van der Waals surface area (Å²) in [5.74, 6) is 1.02. The zero-order valence-electron chi connectivity index (χ0n) is 14.9. The number of benzene rings is 1. The first-order chi connectivity index (χ1) is 11.3. The maximum atomic E-state index is 10.9. The normalized spacial score (nSPS) is 13.5. The average Bonchev–Trinajstić information content (AvgIpc) is 2.90. The third-order valence-corrected chi connectivity index (χ3v) is 4.98. The van der Waals surface area contributed by atoms with Crippen LogP contribution in [-0.4, -0.2) is 9.49 Å². The van der Waals surface area contributed by atoms with Gasteiger partial charge in [-0.1, -0.05) is 27.7 Å². The first-order valence-electron chi connectivity index (χ1n) is 8.31. The van der Waals surface area contributed by atoms with E-state index in [-0.39, 0.29) is 10.6 Å². The molecule has 130 valence electrons. The Hall–Kier alpha value is -1.95. The van der Waals surface area contributed by atoms with Crippen molar-refractivity contribution in [3.05, 3.63) is 49.8 Å². The van der Waals surface area contributed by atoms with Crippen molar-refractivity contribution in [3.63, 3.8) is 0 Å². The zero-order chi connectivity index (χ0) is 17.9. The molecule has 24 heavy (non-hydrogen) atoms. The number of nitro benzene ring substituents is 1. The highest BCUT2D eigenvalue weighted by Crippen LogP contribution is 2.24. The van der Waals surface area contributed by atoms with Gasteiger partial charge in [-0.05, 0) is 36.8 Å². The van der Waals surface area contributed by atoms with E-state index in [1.165, 1.54) is 11.8 Å². The van der Waals surface area contributed by atoms with Crippen LogP contribution in [0.5, 0.6) is 0 Å². The second-order valence-corrected chi connectivity index (χ2v) is 7.43. The standard InChI is InChI=1S/C18H25N3O2S/c1-6-13(4)17-11-24-18(20(17)10-12(2)3)19-16-8-7-15(21(22)23)9-14(16)5/h7-9,11-13H,6,10H2,1-5H3/t13-/m0/s1. The van der Waals surface area contributed by atoms with E-state index in [1.54, 1.807) is 23.5 Å². The molecule has 1 aromatic carbocycles. The molecule has 0 bridgehead atoms. The maximum absolute atomic E-state index is 10.9. The highest BCUT2D eigenvalue weighted by molar-refractivity contribution is 7.07. The lowest BCUT2D eigenvalue weighted by Gasteiger charge is -2.15. The minimum Gasteiger partial charge on any atom is -0.320 e. The molecule has 6 heteroatoms. The van der Waals surface area contributed by atoms with Crippen molar-refractivity contribution in [2.75, 3.05) is 0 Å². The molecule has 0 aliphatic rings. The second-order valence-electron chi connectivity index (χ2n) is 6.60. The molecule has 0 aliphatic carbocycles. The number of nitrogens with zero attached hydrogens (tertiary/aromatic N) is 3. The van der Waals surface area contributed by atoms with Crippen LogP contribution in [-0.2, 0) is 6.54 Å². The van der Waals surface area contributed by atoms with E-state index in [4.69, 9.17) is 4.99 Å². The van der Waals surface area contributed by atoms with E-state index >= 15 is 0 Å². The lowest BCUT2D eigenvalue weighted by Crippen LogP contribution is -2.21. The van der Waals surface area contributed by atoms with Crippen LogP contribution >= 0.6 is 11.3 Å². The van der Waals surface area contributed by atoms with Gasteiger partial charge in [0.1, 0.15) is 0 Å². The van der Waals surface area contributed by atoms with Crippen LogP contribution < -0.4 is 4.80 Å². The van der Waals surface area contributed by atoms with Crippen molar-refractivity contribution in [3.8, 4) is 0 Å². The molecule has 0 unspecified atom stereocenters. The van der Waals surface area contributed by atoms with Gasteiger partial charge in [0.2, 0.25) is 0 Å². The number of hydrogen-bond donors (Lipinski definition) is 0. The zero-order valence-corrected chi connectivity index (χ0v) is 15.8. The fourth-order valence-corrected chi connectivity index (χ4v) is 3.60. The second kappa shape index (κ2) is 7.75. The van der Waals surface area contributed by atoms with Gasteiger partial charge in [-0.3, -0.25) is 10.1 Å². The molecular formula is C18H25N3O2S. The maximum Gasteiger partial charge on any atom is 0.269 e. The summed E-state index contributed by atoms with van der Waals surface area (Å²) in [5.41, 5.74) is 3.02.